The number of hydrogen-bond acceptors (Lipinski definition) is 6. The molecule has 0 bridgehead atoms. The first-order valence-corrected chi connectivity index (χ1v) is 10.6. The first-order chi connectivity index (χ1) is 15.0. The van der Waals surface area contributed by atoms with E-state index in [2.05, 4.69) is 26.3 Å². The molecule has 3 rings (SSSR count). The second-order valence-corrected chi connectivity index (χ2v) is 8.29. The van der Waals surface area contributed by atoms with Gasteiger partial charge in [-0.2, -0.15) is 13.2 Å². The molecule has 11 heteroatoms. The van der Waals surface area contributed by atoms with Crippen molar-refractivity contribution in [2.75, 3.05) is 11.8 Å². The fourth-order valence-electron chi connectivity index (χ4n) is 2.73. The predicted molar refractivity (Wildman–Crippen MR) is 109 cm³/mol. The number of esters is 1. The standard InChI is InChI=1S/C21H17F3N2O5S/c1-13-25-18-10-8-16(12-19(18)31-13)32(28,29)26-17-9-7-15(21(22,23)24)11-14(17)5-3-4-6-20(27)30-2/h7-12,26H,4,6H2,1-2H3. The van der Waals surface area contributed by atoms with E-state index in [1.165, 1.54) is 25.3 Å². The zero-order chi connectivity index (χ0) is 23.5. The summed E-state index contributed by atoms with van der Waals surface area (Å²) in [5, 5.41) is 0. The molecule has 3 aromatic rings. The second kappa shape index (κ2) is 8.92. The summed E-state index contributed by atoms with van der Waals surface area (Å²) in [6.07, 6.45) is -4.67. The van der Waals surface area contributed by atoms with Crippen LogP contribution in [0.1, 0.15) is 29.9 Å². The summed E-state index contributed by atoms with van der Waals surface area (Å²) in [5.74, 6) is 4.89. The maximum atomic E-state index is 13.1. The van der Waals surface area contributed by atoms with Crippen LogP contribution in [-0.2, 0) is 25.7 Å². The van der Waals surface area contributed by atoms with Crippen molar-refractivity contribution in [1.82, 2.24) is 4.98 Å². The Bertz CT molecular complexity index is 1330. The van der Waals surface area contributed by atoms with Gasteiger partial charge in [0.05, 0.1) is 29.7 Å². The van der Waals surface area contributed by atoms with Crippen molar-refractivity contribution < 1.29 is 35.5 Å². The molecule has 0 unspecified atom stereocenters. The van der Waals surface area contributed by atoms with Gasteiger partial charge in [0.15, 0.2) is 11.5 Å². The van der Waals surface area contributed by atoms with Crippen molar-refractivity contribution in [2.45, 2.75) is 30.8 Å². The Morgan fingerprint density at radius 1 is 1.22 bits per heavy atom. The van der Waals surface area contributed by atoms with Gasteiger partial charge in [-0.1, -0.05) is 11.8 Å². The third kappa shape index (κ3) is 5.39. The van der Waals surface area contributed by atoms with Gasteiger partial charge in [-0.25, -0.2) is 13.4 Å². The Morgan fingerprint density at radius 2 is 1.97 bits per heavy atom. The molecular formula is C21H17F3N2O5S. The normalized spacial score (nSPS) is 11.7. The van der Waals surface area contributed by atoms with E-state index in [0.29, 0.717) is 11.4 Å². The highest BCUT2D eigenvalue weighted by Gasteiger charge is 2.31. The van der Waals surface area contributed by atoms with Crippen LogP contribution >= 0.6 is 0 Å². The topological polar surface area (TPSA) is 98.5 Å². The highest BCUT2D eigenvalue weighted by molar-refractivity contribution is 7.92. The molecule has 0 radical (unpaired) electrons. The average Bonchev–Trinajstić information content (AvgIpc) is 3.10. The Labute approximate surface area is 181 Å². The minimum absolute atomic E-state index is 0.0244. The van der Waals surface area contributed by atoms with Crippen LogP contribution in [-0.4, -0.2) is 26.5 Å². The Kier molecular flexibility index (Phi) is 6.45. The number of methoxy groups -OCH3 is 1. The van der Waals surface area contributed by atoms with E-state index >= 15 is 0 Å². The number of rotatable bonds is 5. The minimum atomic E-state index is -4.64. The molecule has 0 spiro atoms. The van der Waals surface area contributed by atoms with E-state index in [9.17, 15) is 26.4 Å². The van der Waals surface area contributed by atoms with Crippen LogP contribution < -0.4 is 4.72 Å². The number of anilines is 1. The Balaban J connectivity index is 1.95. The van der Waals surface area contributed by atoms with Crippen molar-refractivity contribution in [3.05, 3.63) is 53.4 Å². The SMILES string of the molecule is COC(=O)CCC#Cc1cc(C(F)(F)F)ccc1NS(=O)(=O)c1ccc2nc(C)oc2c1. The van der Waals surface area contributed by atoms with Crippen molar-refractivity contribution >= 4 is 32.8 Å². The number of carbonyl (C=O) groups is 1. The highest BCUT2D eigenvalue weighted by atomic mass is 32.2. The number of benzene rings is 2. The number of halogens is 3. The van der Waals surface area contributed by atoms with Crippen LogP contribution in [0.5, 0.6) is 0 Å². The van der Waals surface area contributed by atoms with Crippen molar-refractivity contribution in [3.8, 4) is 11.8 Å². The smallest absolute Gasteiger partial charge is 0.416 e. The quantitative estimate of drug-likeness (QED) is 0.446. The molecule has 1 aromatic heterocycles. The zero-order valence-corrected chi connectivity index (χ0v) is 17.7. The highest BCUT2D eigenvalue weighted by Crippen LogP contribution is 2.32. The third-order valence-corrected chi connectivity index (χ3v) is 5.64. The van der Waals surface area contributed by atoms with Gasteiger partial charge < -0.3 is 9.15 Å². The molecule has 0 fully saturated rings. The van der Waals surface area contributed by atoms with E-state index in [0.717, 1.165) is 18.2 Å². The number of sulfonamides is 1. The summed E-state index contributed by atoms with van der Waals surface area (Å²) in [6.45, 7) is 1.61. The fraction of sp³-hybridized carbons (Fsp3) is 0.238. The number of nitrogens with zero attached hydrogens (tertiary/aromatic N) is 1. The van der Waals surface area contributed by atoms with Gasteiger partial charge in [-0.15, -0.1) is 0 Å². The van der Waals surface area contributed by atoms with E-state index in [1.807, 2.05) is 0 Å². The fourth-order valence-corrected chi connectivity index (χ4v) is 3.82. The average molecular weight is 466 g/mol. The van der Waals surface area contributed by atoms with Gasteiger partial charge in [0.2, 0.25) is 0 Å². The number of fused-ring (bicyclic) bond motifs is 1. The van der Waals surface area contributed by atoms with E-state index < -0.39 is 27.7 Å². The monoisotopic (exact) mass is 466 g/mol. The summed E-state index contributed by atoms with van der Waals surface area (Å²) < 4.78 is 77.1. The van der Waals surface area contributed by atoms with Crippen LogP contribution in [0.4, 0.5) is 18.9 Å². The van der Waals surface area contributed by atoms with Gasteiger partial charge in [-0.3, -0.25) is 9.52 Å². The molecule has 0 saturated carbocycles. The molecule has 0 aliphatic carbocycles. The van der Waals surface area contributed by atoms with Crippen LogP contribution in [0.25, 0.3) is 11.1 Å². The summed E-state index contributed by atoms with van der Waals surface area (Å²) in [6, 6.07) is 6.51. The molecule has 0 aliphatic heterocycles. The van der Waals surface area contributed by atoms with Crippen molar-refractivity contribution in [3.63, 3.8) is 0 Å². The molecule has 32 heavy (non-hydrogen) atoms. The minimum Gasteiger partial charge on any atom is -0.469 e. The molecule has 7 nitrogen and oxygen atoms in total. The number of oxazole rings is 1. The second-order valence-electron chi connectivity index (χ2n) is 6.60. The largest absolute Gasteiger partial charge is 0.469 e. The van der Waals surface area contributed by atoms with Gasteiger partial charge in [0, 0.05) is 25.0 Å². The summed E-state index contributed by atoms with van der Waals surface area (Å²) in [5.41, 5.74) is -0.604. The lowest BCUT2D eigenvalue weighted by molar-refractivity contribution is -0.140. The number of alkyl halides is 3. The lowest BCUT2D eigenvalue weighted by Gasteiger charge is -2.13. The lowest BCUT2D eigenvalue weighted by atomic mass is 10.1. The zero-order valence-electron chi connectivity index (χ0n) is 16.9. The van der Waals surface area contributed by atoms with Crippen molar-refractivity contribution in [1.29, 1.82) is 0 Å². The summed E-state index contributed by atoms with van der Waals surface area (Å²) in [7, 11) is -2.97. The van der Waals surface area contributed by atoms with Gasteiger partial charge in [0.1, 0.15) is 5.52 Å². The number of aromatic nitrogens is 1. The predicted octanol–water partition coefficient (Wildman–Crippen LogP) is 4.26. The number of aryl methyl sites for hydroxylation is 1. The lowest BCUT2D eigenvalue weighted by Crippen LogP contribution is -2.14. The Morgan fingerprint density at radius 3 is 2.66 bits per heavy atom. The molecule has 0 amide bonds. The molecule has 168 valence electrons. The molecule has 0 atom stereocenters. The third-order valence-electron chi connectivity index (χ3n) is 4.27. The maximum Gasteiger partial charge on any atom is 0.416 e. The first-order valence-electron chi connectivity index (χ1n) is 9.16. The molecule has 2 aromatic carbocycles. The Hall–Kier alpha value is -3.52. The molecule has 0 aliphatic rings. The van der Waals surface area contributed by atoms with Crippen LogP contribution in [0.2, 0.25) is 0 Å². The van der Waals surface area contributed by atoms with Gasteiger partial charge in [0.25, 0.3) is 10.0 Å². The molecular weight excluding hydrogens is 449 g/mol. The van der Waals surface area contributed by atoms with Crippen molar-refractivity contribution in [2.24, 2.45) is 0 Å². The van der Waals surface area contributed by atoms with Crippen LogP contribution in [0.3, 0.4) is 0 Å². The number of carbonyl (C=O) groups excluding carboxylic acids is 1. The van der Waals surface area contributed by atoms with Crippen LogP contribution in [0.15, 0.2) is 45.7 Å². The van der Waals surface area contributed by atoms with Crippen LogP contribution in [0, 0.1) is 18.8 Å². The van der Waals surface area contributed by atoms with E-state index in [1.54, 1.807) is 6.92 Å². The van der Waals surface area contributed by atoms with Gasteiger partial charge in [-0.05, 0) is 30.3 Å². The summed E-state index contributed by atoms with van der Waals surface area (Å²) >= 11 is 0. The number of nitrogens with one attached hydrogen (secondary N) is 1. The molecule has 0 saturated heterocycles. The molecule has 1 N–H and O–H groups in total. The maximum absolute atomic E-state index is 13.1. The van der Waals surface area contributed by atoms with Gasteiger partial charge >= 0.3 is 12.1 Å². The number of hydrogen-bond donors (Lipinski definition) is 1. The van der Waals surface area contributed by atoms with E-state index in [4.69, 9.17) is 4.42 Å². The number of ether oxygens (including phenoxy) is 1. The first kappa shape index (κ1) is 23.1. The summed E-state index contributed by atoms with van der Waals surface area (Å²) in [4.78, 5) is 15.1. The van der Waals surface area contributed by atoms with E-state index in [-0.39, 0.29) is 34.6 Å². The molecule has 1 heterocycles.